The van der Waals surface area contributed by atoms with Crippen LogP contribution in [0.25, 0.3) is 5.57 Å². The summed E-state index contributed by atoms with van der Waals surface area (Å²) in [4.78, 5) is 25.7. The van der Waals surface area contributed by atoms with Gasteiger partial charge in [0.2, 0.25) is 0 Å². The van der Waals surface area contributed by atoms with Gasteiger partial charge >= 0.3 is 0 Å². The zero-order chi connectivity index (χ0) is 23.9. The molecular formula is C32H44O2. The first kappa shape index (κ1) is 25.1. The summed E-state index contributed by atoms with van der Waals surface area (Å²) in [6.07, 6.45) is 19.9. The summed E-state index contributed by atoms with van der Waals surface area (Å²) < 4.78 is 0. The predicted molar refractivity (Wildman–Crippen MR) is 142 cm³/mol. The largest absolute Gasteiger partial charge is 0.295 e. The summed E-state index contributed by atoms with van der Waals surface area (Å²) in [5.74, 6) is 2.20. The normalized spacial score (nSPS) is 27.9. The van der Waals surface area contributed by atoms with Gasteiger partial charge in [-0.1, -0.05) is 75.8 Å². The highest BCUT2D eigenvalue weighted by molar-refractivity contribution is 6.03. The Bertz CT molecular complexity index is 895. The molecule has 0 heterocycles. The highest BCUT2D eigenvalue weighted by Gasteiger charge is 2.31. The average molecular weight is 461 g/mol. The summed E-state index contributed by atoms with van der Waals surface area (Å²) in [6.45, 7) is 4.50. The number of ketones is 2. The molecule has 2 unspecified atom stereocenters. The first-order valence-electron chi connectivity index (χ1n) is 14.2. The fourth-order valence-corrected chi connectivity index (χ4v) is 6.60. The van der Waals surface area contributed by atoms with Crippen molar-refractivity contribution in [3.8, 4) is 0 Å². The molecule has 0 amide bonds. The lowest BCUT2D eigenvalue weighted by atomic mass is 9.75. The monoisotopic (exact) mass is 460 g/mol. The molecule has 1 aromatic rings. The van der Waals surface area contributed by atoms with Crippen molar-refractivity contribution in [1.82, 2.24) is 0 Å². The smallest absolute Gasteiger partial charge is 0.163 e. The van der Waals surface area contributed by atoms with Crippen molar-refractivity contribution in [3.63, 3.8) is 0 Å². The second-order valence-electron chi connectivity index (χ2n) is 11.1. The van der Waals surface area contributed by atoms with Gasteiger partial charge in [0, 0.05) is 11.8 Å². The maximum Gasteiger partial charge on any atom is 0.163 e. The predicted octanol–water partition coefficient (Wildman–Crippen LogP) is 8.61. The number of allylic oxidation sites excluding steroid dienone is 4. The van der Waals surface area contributed by atoms with Crippen LogP contribution in [-0.4, -0.2) is 11.6 Å². The van der Waals surface area contributed by atoms with Gasteiger partial charge in [0.25, 0.3) is 0 Å². The van der Waals surface area contributed by atoms with Gasteiger partial charge in [0.05, 0.1) is 0 Å². The van der Waals surface area contributed by atoms with E-state index in [9.17, 15) is 9.59 Å². The summed E-state index contributed by atoms with van der Waals surface area (Å²) in [6, 6.07) is 9.07. The molecule has 0 aromatic heterocycles. The van der Waals surface area contributed by atoms with Gasteiger partial charge in [-0.2, -0.15) is 0 Å². The molecule has 0 spiro atoms. The van der Waals surface area contributed by atoms with Crippen LogP contribution in [0.15, 0.2) is 42.0 Å². The molecule has 2 nitrogen and oxygen atoms in total. The van der Waals surface area contributed by atoms with E-state index in [-0.39, 0.29) is 23.4 Å². The highest BCUT2D eigenvalue weighted by atomic mass is 16.1. The van der Waals surface area contributed by atoms with Crippen molar-refractivity contribution in [2.45, 2.75) is 110 Å². The molecule has 2 atom stereocenters. The van der Waals surface area contributed by atoms with E-state index in [1.54, 1.807) is 0 Å². The van der Waals surface area contributed by atoms with Crippen molar-refractivity contribution in [3.05, 3.63) is 53.1 Å². The lowest BCUT2D eigenvalue weighted by Crippen LogP contribution is -2.25. The van der Waals surface area contributed by atoms with Crippen LogP contribution >= 0.6 is 0 Å². The molecule has 1 aromatic carbocycles. The fraction of sp³-hybridized carbons (Fsp3) is 0.625. The summed E-state index contributed by atoms with van der Waals surface area (Å²) in [7, 11) is 0. The molecule has 3 aliphatic rings. The second-order valence-corrected chi connectivity index (χ2v) is 11.1. The van der Waals surface area contributed by atoms with Crippen LogP contribution in [0.5, 0.6) is 0 Å². The van der Waals surface area contributed by atoms with Crippen LogP contribution in [0, 0.1) is 17.8 Å². The Morgan fingerprint density at radius 1 is 0.735 bits per heavy atom. The lowest BCUT2D eigenvalue weighted by Gasteiger charge is -2.29. The topological polar surface area (TPSA) is 34.1 Å². The first-order chi connectivity index (χ1) is 16.6. The van der Waals surface area contributed by atoms with Crippen molar-refractivity contribution in [2.75, 3.05) is 0 Å². The third kappa shape index (κ3) is 6.18. The molecule has 0 bridgehead atoms. The van der Waals surface area contributed by atoms with Gasteiger partial charge < -0.3 is 0 Å². The Balaban J connectivity index is 1.34. The van der Waals surface area contributed by atoms with E-state index in [1.165, 1.54) is 68.1 Å². The second kappa shape index (κ2) is 12.1. The lowest BCUT2D eigenvalue weighted by molar-refractivity contribution is -0.119. The maximum atomic E-state index is 13.0. The molecule has 0 radical (unpaired) electrons. The van der Waals surface area contributed by atoms with Gasteiger partial charge in [-0.3, -0.25) is 9.59 Å². The van der Waals surface area contributed by atoms with Crippen molar-refractivity contribution in [2.24, 2.45) is 17.8 Å². The molecule has 3 aliphatic carbocycles. The Hall–Kier alpha value is -1.96. The zero-order valence-electron chi connectivity index (χ0n) is 21.5. The summed E-state index contributed by atoms with van der Waals surface area (Å²) in [5, 5.41) is 0. The number of carbonyl (C=O) groups is 2. The Morgan fingerprint density at radius 3 is 2.15 bits per heavy atom. The maximum absolute atomic E-state index is 13.0. The van der Waals surface area contributed by atoms with E-state index in [1.807, 2.05) is 12.2 Å². The van der Waals surface area contributed by atoms with Gasteiger partial charge in [0.1, 0.15) is 0 Å². The Labute approximate surface area is 207 Å². The molecule has 1 saturated carbocycles. The molecule has 0 N–H and O–H groups in total. The summed E-state index contributed by atoms with van der Waals surface area (Å²) >= 11 is 0. The molecule has 2 heteroatoms. The minimum Gasteiger partial charge on any atom is -0.295 e. The molecule has 184 valence electrons. The van der Waals surface area contributed by atoms with Crippen LogP contribution in [-0.2, 0) is 9.59 Å². The van der Waals surface area contributed by atoms with Crippen molar-refractivity contribution < 1.29 is 9.59 Å². The molecule has 1 fully saturated rings. The van der Waals surface area contributed by atoms with Crippen LogP contribution in [0.1, 0.15) is 121 Å². The quantitative estimate of drug-likeness (QED) is 0.346. The van der Waals surface area contributed by atoms with Crippen molar-refractivity contribution >= 4 is 17.1 Å². The molecule has 34 heavy (non-hydrogen) atoms. The number of benzene rings is 1. The number of unbranched alkanes of at least 4 members (excludes halogenated alkanes) is 2. The first-order valence-corrected chi connectivity index (χ1v) is 14.2. The van der Waals surface area contributed by atoms with Gasteiger partial charge in [-0.25, -0.2) is 0 Å². The van der Waals surface area contributed by atoms with Crippen LogP contribution in [0.4, 0.5) is 0 Å². The summed E-state index contributed by atoms with van der Waals surface area (Å²) in [5.41, 5.74) is 4.92. The van der Waals surface area contributed by atoms with E-state index >= 15 is 0 Å². The Morgan fingerprint density at radius 2 is 1.50 bits per heavy atom. The molecular weight excluding hydrogens is 416 g/mol. The zero-order valence-corrected chi connectivity index (χ0v) is 21.5. The Kier molecular flexibility index (Phi) is 8.98. The van der Waals surface area contributed by atoms with E-state index in [0.717, 1.165) is 50.0 Å². The van der Waals surface area contributed by atoms with E-state index in [0.29, 0.717) is 5.92 Å². The number of rotatable bonds is 9. The van der Waals surface area contributed by atoms with E-state index in [2.05, 4.69) is 38.1 Å². The van der Waals surface area contributed by atoms with E-state index in [4.69, 9.17) is 0 Å². The standard InChI is InChI=1S/C32H44O2/c1-3-5-6-8-27-17-18-29(22-31(27)33)30-20-19-28(21-32(30)34)26-15-13-25(14-16-26)24-11-9-23(7-4-2)10-12-24/h13-16,21-24,27,30H,3-12,17-20H2,1-2H3. The minimum absolute atomic E-state index is 0.0816. The third-order valence-electron chi connectivity index (χ3n) is 8.77. The number of hydrogen-bond donors (Lipinski definition) is 0. The van der Waals surface area contributed by atoms with Crippen LogP contribution < -0.4 is 0 Å². The number of hydrogen-bond acceptors (Lipinski definition) is 2. The van der Waals surface area contributed by atoms with Crippen molar-refractivity contribution in [1.29, 1.82) is 0 Å². The van der Waals surface area contributed by atoms with E-state index < -0.39 is 0 Å². The SMILES string of the molecule is CCCCCC1CCC(C2CCC(c3ccc(C4CCC(CCC)CC4)cc3)=CC2=O)=CC1=O. The molecule has 0 aliphatic heterocycles. The minimum atomic E-state index is -0.0816. The average Bonchev–Trinajstić information content (AvgIpc) is 2.86. The highest BCUT2D eigenvalue weighted by Crippen LogP contribution is 2.39. The van der Waals surface area contributed by atoms with Gasteiger partial charge in [-0.15, -0.1) is 0 Å². The van der Waals surface area contributed by atoms with Crippen LogP contribution in [0.3, 0.4) is 0 Å². The fourth-order valence-electron chi connectivity index (χ4n) is 6.60. The number of carbonyl (C=O) groups excluding carboxylic acids is 2. The van der Waals surface area contributed by atoms with Crippen LogP contribution in [0.2, 0.25) is 0 Å². The molecule has 0 saturated heterocycles. The molecule has 4 rings (SSSR count). The van der Waals surface area contributed by atoms with Gasteiger partial charge in [-0.05, 0) is 98.5 Å². The third-order valence-corrected chi connectivity index (χ3v) is 8.77. The van der Waals surface area contributed by atoms with Gasteiger partial charge in [0.15, 0.2) is 11.6 Å².